The van der Waals surface area contributed by atoms with Crippen LogP contribution in [0, 0.1) is 0 Å². The summed E-state index contributed by atoms with van der Waals surface area (Å²) in [6.45, 7) is 6.10. The summed E-state index contributed by atoms with van der Waals surface area (Å²) < 4.78 is 22.6. The first-order valence-corrected chi connectivity index (χ1v) is 7.31. The molecule has 1 aromatic rings. The Morgan fingerprint density at radius 2 is 2.00 bits per heavy atom. The van der Waals surface area contributed by atoms with Gasteiger partial charge >= 0.3 is 0 Å². The van der Waals surface area contributed by atoms with E-state index < -0.39 is 9.84 Å². The molecule has 1 heterocycles. The molecular weight excluding hydrogens is 246 g/mol. The average Bonchev–Trinajstić information content (AvgIpc) is 2.16. The predicted molar refractivity (Wildman–Crippen MR) is 65.7 cm³/mol. The number of pyridine rings is 1. The van der Waals surface area contributed by atoms with Crippen molar-refractivity contribution in [3.05, 3.63) is 23.0 Å². The maximum absolute atomic E-state index is 11.3. The summed E-state index contributed by atoms with van der Waals surface area (Å²) in [7, 11) is -3.24. The van der Waals surface area contributed by atoms with Gasteiger partial charge in [0.1, 0.15) is 0 Å². The van der Waals surface area contributed by atoms with Crippen molar-refractivity contribution in [2.75, 3.05) is 6.26 Å². The Bertz CT molecular complexity index is 495. The maximum Gasteiger partial charge on any atom is 0.177 e. The second kappa shape index (κ2) is 4.34. The Hall–Kier alpha value is -0.610. The zero-order chi connectivity index (χ0) is 12.6. The molecule has 0 aliphatic heterocycles. The lowest BCUT2D eigenvalue weighted by Crippen LogP contribution is -2.18. The summed E-state index contributed by atoms with van der Waals surface area (Å²) in [5.41, 5.74) is 0.594. The average molecular weight is 262 g/mol. The molecule has 0 aliphatic rings. The van der Waals surface area contributed by atoms with Crippen LogP contribution in [0.25, 0.3) is 0 Å². The van der Waals surface area contributed by atoms with E-state index in [0.717, 1.165) is 18.4 Å². The van der Waals surface area contributed by atoms with Gasteiger partial charge in [-0.1, -0.05) is 32.4 Å². The number of sulfone groups is 1. The Morgan fingerprint density at radius 1 is 1.44 bits per heavy atom. The largest absolute Gasteiger partial charge is 0.258 e. The molecule has 0 radical (unpaired) electrons. The first kappa shape index (κ1) is 13.5. The van der Waals surface area contributed by atoms with Crippen molar-refractivity contribution < 1.29 is 8.42 Å². The molecule has 90 valence electrons. The van der Waals surface area contributed by atoms with Gasteiger partial charge < -0.3 is 0 Å². The van der Waals surface area contributed by atoms with Crippen LogP contribution in [0.2, 0.25) is 5.02 Å². The zero-order valence-corrected chi connectivity index (χ0v) is 11.5. The second-order valence-electron chi connectivity index (χ2n) is 4.51. The molecule has 1 aromatic heterocycles. The van der Waals surface area contributed by atoms with Gasteiger partial charge in [0.25, 0.3) is 0 Å². The van der Waals surface area contributed by atoms with Crippen molar-refractivity contribution in [3.63, 3.8) is 0 Å². The van der Waals surface area contributed by atoms with E-state index >= 15 is 0 Å². The Kier molecular flexibility index (Phi) is 3.65. The van der Waals surface area contributed by atoms with Gasteiger partial charge in [-0.15, -0.1) is 0 Å². The van der Waals surface area contributed by atoms with Crippen LogP contribution in [0.3, 0.4) is 0 Å². The van der Waals surface area contributed by atoms with Crippen molar-refractivity contribution in [1.82, 2.24) is 4.98 Å². The highest BCUT2D eigenvalue weighted by Gasteiger charge is 2.24. The van der Waals surface area contributed by atoms with E-state index in [1.807, 2.05) is 20.8 Å². The molecule has 16 heavy (non-hydrogen) atoms. The first-order chi connectivity index (χ1) is 7.18. The molecule has 0 amide bonds. The molecule has 0 saturated heterocycles. The quantitative estimate of drug-likeness (QED) is 0.841. The van der Waals surface area contributed by atoms with Crippen molar-refractivity contribution in [1.29, 1.82) is 0 Å². The molecule has 5 heteroatoms. The van der Waals surface area contributed by atoms with E-state index in [1.165, 1.54) is 12.3 Å². The fourth-order valence-electron chi connectivity index (χ4n) is 1.29. The van der Waals surface area contributed by atoms with Gasteiger partial charge in [0, 0.05) is 17.9 Å². The van der Waals surface area contributed by atoms with Gasteiger partial charge in [-0.3, -0.25) is 4.98 Å². The summed E-state index contributed by atoms with van der Waals surface area (Å²) in [6, 6.07) is 1.47. The number of hydrogen-bond donors (Lipinski definition) is 0. The number of rotatable bonds is 3. The third-order valence-electron chi connectivity index (χ3n) is 2.77. The summed E-state index contributed by atoms with van der Waals surface area (Å²) >= 11 is 6.07. The molecule has 0 bridgehead atoms. The lowest BCUT2D eigenvalue weighted by atomic mass is 9.86. The van der Waals surface area contributed by atoms with Gasteiger partial charge in [-0.2, -0.15) is 0 Å². The van der Waals surface area contributed by atoms with Crippen molar-refractivity contribution in [2.45, 2.75) is 37.5 Å². The third-order valence-corrected chi connectivity index (χ3v) is 4.14. The highest BCUT2D eigenvalue weighted by molar-refractivity contribution is 7.90. The zero-order valence-electron chi connectivity index (χ0n) is 9.91. The van der Waals surface area contributed by atoms with Crippen molar-refractivity contribution in [2.24, 2.45) is 0 Å². The van der Waals surface area contributed by atoms with Crippen LogP contribution in [0.5, 0.6) is 0 Å². The van der Waals surface area contributed by atoms with Gasteiger partial charge in [0.2, 0.25) is 0 Å². The van der Waals surface area contributed by atoms with E-state index in [2.05, 4.69) is 4.98 Å². The Labute approximate surface area is 102 Å². The van der Waals surface area contributed by atoms with Crippen LogP contribution in [0.4, 0.5) is 0 Å². The molecule has 0 N–H and O–H groups in total. The monoisotopic (exact) mass is 261 g/mol. The lowest BCUT2D eigenvalue weighted by Gasteiger charge is -2.23. The smallest absolute Gasteiger partial charge is 0.177 e. The van der Waals surface area contributed by atoms with Gasteiger partial charge in [-0.05, 0) is 12.5 Å². The van der Waals surface area contributed by atoms with Gasteiger partial charge in [0.05, 0.1) is 15.6 Å². The molecule has 1 rings (SSSR count). The molecule has 0 fully saturated rings. The minimum absolute atomic E-state index is 0.146. The molecule has 3 nitrogen and oxygen atoms in total. The SMILES string of the molecule is CCC(C)(C)c1ncc(S(C)(=O)=O)cc1Cl. The molecule has 0 aromatic carbocycles. The minimum atomic E-state index is -3.24. The van der Waals surface area contributed by atoms with E-state index in [9.17, 15) is 8.42 Å². The highest BCUT2D eigenvalue weighted by atomic mass is 35.5. The van der Waals surface area contributed by atoms with Crippen molar-refractivity contribution in [3.8, 4) is 0 Å². The normalized spacial score (nSPS) is 12.8. The van der Waals surface area contributed by atoms with Crippen LogP contribution in [0.15, 0.2) is 17.2 Å². The summed E-state index contributed by atoms with van der Waals surface area (Å²) in [5, 5.41) is 0.412. The fourth-order valence-corrected chi connectivity index (χ4v) is 2.35. The standard InChI is InChI=1S/C11H16ClNO2S/c1-5-11(2,3)10-9(12)6-8(7-13-10)16(4,14)15/h6-7H,5H2,1-4H3. The molecule has 0 spiro atoms. The Morgan fingerprint density at radius 3 is 2.38 bits per heavy atom. The maximum atomic E-state index is 11.3. The van der Waals surface area contributed by atoms with Gasteiger partial charge in [-0.25, -0.2) is 8.42 Å². The number of aromatic nitrogens is 1. The Balaban J connectivity index is 3.31. The van der Waals surface area contributed by atoms with E-state index in [4.69, 9.17) is 11.6 Å². The summed E-state index contributed by atoms with van der Waals surface area (Å²) in [4.78, 5) is 4.34. The lowest BCUT2D eigenvalue weighted by molar-refractivity contribution is 0.489. The van der Waals surface area contributed by atoms with Crippen LogP contribution in [-0.4, -0.2) is 19.7 Å². The van der Waals surface area contributed by atoms with E-state index in [1.54, 1.807) is 0 Å². The molecule has 0 aliphatic carbocycles. The number of hydrogen-bond acceptors (Lipinski definition) is 3. The predicted octanol–water partition coefficient (Wildman–Crippen LogP) is 2.83. The molecular formula is C11H16ClNO2S. The van der Waals surface area contributed by atoms with Crippen LogP contribution >= 0.6 is 11.6 Å². The molecule has 0 saturated carbocycles. The summed E-state index contributed by atoms with van der Waals surface area (Å²) in [6.07, 6.45) is 3.40. The topological polar surface area (TPSA) is 47.0 Å². The van der Waals surface area contributed by atoms with Crippen LogP contribution < -0.4 is 0 Å². The third kappa shape index (κ3) is 2.74. The summed E-state index contributed by atoms with van der Waals surface area (Å²) in [5.74, 6) is 0. The van der Waals surface area contributed by atoms with Gasteiger partial charge in [0.15, 0.2) is 9.84 Å². The van der Waals surface area contributed by atoms with Crippen LogP contribution in [0.1, 0.15) is 32.9 Å². The molecule has 0 unspecified atom stereocenters. The van der Waals surface area contributed by atoms with E-state index in [-0.39, 0.29) is 10.3 Å². The van der Waals surface area contributed by atoms with E-state index in [0.29, 0.717) is 5.02 Å². The highest BCUT2D eigenvalue weighted by Crippen LogP contribution is 2.31. The number of nitrogens with zero attached hydrogens (tertiary/aromatic N) is 1. The molecule has 0 atom stereocenters. The first-order valence-electron chi connectivity index (χ1n) is 5.04. The fraction of sp³-hybridized carbons (Fsp3) is 0.545. The minimum Gasteiger partial charge on any atom is -0.258 e. The van der Waals surface area contributed by atoms with Crippen molar-refractivity contribution >= 4 is 21.4 Å². The number of halogens is 1. The second-order valence-corrected chi connectivity index (χ2v) is 6.93. The van der Waals surface area contributed by atoms with Crippen LogP contribution in [-0.2, 0) is 15.3 Å².